The lowest BCUT2D eigenvalue weighted by Crippen LogP contribution is -2.32. The SMILES string of the molecule is c1ccc(-c2ccccc2N(c2ccc3c(c2)-c2ccccc2C32c3ccccc3Sc3cc4ccccc4cc32)c2ccc3c(c2)C2(c4ccccc4Oc4ccccc42)c2ccccc2-3)cc1. The molecule has 0 fully saturated rings. The third kappa shape index (κ3) is 5.23. The normalized spacial score (nSPS) is 15.8. The fourth-order valence-corrected chi connectivity index (χ4v) is 13.9. The lowest BCUT2D eigenvalue weighted by atomic mass is 9.66. The Morgan fingerprint density at radius 2 is 0.812 bits per heavy atom. The number of ether oxygens (including phenoxy) is 1. The van der Waals surface area contributed by atoms with E-state index in [1.165, 1.54) is 81.8 Å². The van der Waals surface area contributed by atoms with Gasteiger partial charge in [0.25, 0.3) is 0 Å². The van der Waals surface area contributed by atoms with Gasteiger partial charge < -0.3 is 9.64 Å². The van der Waals surface area contributed by atoms with Gasteiger partial charge in [-0.2, -0.15) is 0 Å². The molecule has 2 heterocycles. The van der Waals surface area contributed by atoms with Crippen molar-refractivity contribution in [1.82, 2.24) is 0 Å². The lowest BCUT2D eigenvalue weighted by Gasteiger charge is -2.40. The number of hydrogen-bond acceptors (Lipinski definition) is 3. The number of fused-ring (bicyclic) bond motifs is 19. The monoisotopic (exact) mass is 895 g/mol. The smallest absolute Gasteiger partial charge is 0.132 e. The summed E-state index contributed by atoms with van der Waals surface area (Å²) in [6.07, 6.45) is 0. The van der Waals surface area contributed by atoms with Gasteiger partial charge in [0.1, 0.15) is 11.5 Å². The molecule has 3 heteroatoms. The van der Waals surface area contributed by atoms with E-state index in [1.54, 1.807) is 0 Å². The quantitative estimate of drug-likeness (QED) is 0.175. The zero-order valence-electron chi connectivity index (χ0n) is 37.4. The van der Waals surface area contributed by atoms with Crippen molar-refractivity contribution in [2.45, 2.75) is 20.6 Å². The van der Waals surface area contributed by atoms with Gasteiger partial charge in [-0.15, -0.1) is 0 Å². The van der Waals surface area contributed by atoms with Gasteiger partial charge in [-0.1, -0.05) is 200 Å². The Morgan fingerprint density at radius 3 is 1.55 bits per heavy atom. The Balaban J connectivity index is 1.01. The number of anilines is 3. The first-order valence-electron chi connectivity index (χ1n) is 23.8. The summed E-state index contributed by atoms with van der Waals surface area (Å²) in [6, 6.07) is 92.4. The van der Waals surface area contributed by atoms with Gasteiger partial charge in [0.2, 0.25) is 0 Å². The van der Waals surface area contributed by atoms with Crippen LogP contribution in [0.1, 0.15) is 44.5 Å². The van der Waals surface area contributed by atoms with Gasteiger partial charge >= 0.3 is 0 Å². The second kappa shape index (κ2) is 14.6. The van der Waals surface area contributed by atoms with Crippen molar-refractivity contribution in [2.24, 2.45) is 0 Å². The van der Waals surface area contributed by atoms with E-state index in [2.05, 4.69) is 254 Å². The Labute approximate surface area is 405 Å². The van der Waals surface area contributed by atoms with Gasteiger partial charge in [0.05, 0.1) is 16.5 Å². The van der Waals surface area contributed by atoms with E-state index >= 15 is 0 Å². The van der Waals surface area contributed by atoms with E-state index in [4.69, 9.17) is 4.74 Å². The largest absolute Gasteiger partial charge is 0.457 e. The first kappa shape index (κ1) is 38.7. The maximum atomic E-state index is 6.75. The third-order valence-electron chi connectivity index (χ3n) is 15.4. The minimum absolute atomic E-state index is 0.506. The Kier molecular flexibility index (Phi) is 8.17. The van der Waals surface area contributed by atoms with Crippen LogP contribution in [0.4, 0.5) is 17.1 Å². The molecule has 15 rings (SSSR count). The molecular weight excluding hydrogens is 855 g/mol. The Bertz CT molecular complexity index is 3900. The standard InChI is InChI=1S/C66H41NOS/c1-2-18-42(19-3-1)47-22-8-14-30-60(47)67(46-34-36-50-48-23-6-9-25-52(48)66(58(50)41-46)55-27-11-15-31-61(55)68-62-32-16-12-28-56(62)66)45-35-37-54-51(40-45)49-24-7-10-26-53(49)65(54)57-29-13-17-33-63(57)69-64-39-44-21-5-4-20-43(44)38-59(64)65/h1-41H. The molecule has 11 aromatic carbocycles. The summed E-state index contributed by atoms with van der Waals surface area (Å²) >= 11 is 1.90. The molecule has 0 N–H and O–H groups in total. The van der Waals surface area contributed by atoms with Crippen LogP contribution in [0.3, 0.4) is 0 Å². The molecule has 2 nitrogen and oxygen atoms in total. The molecule has 0 amide bonds. The molecule has 11 aromatic rings. The highest BCUT2D eigenvalue weighted by atomic mass is 32.2. The van der Waals surface area contributed by atoms with Gasteiger partial charge in [0.15, 0.2) is 0 Å². The molecule has 322 valence electrons. The number of rotatable bonds is 4. The molecule has 4 aliphatic rings. The van der Waals surface area contributed by atoms with E-state index in [0.29, 0.717) is 0 Å². The first-order chi connectivity index (χ1) is 34.2. The summed E-state index contributed by atoms with van der Waals surface area (Å²) in [4.78, 5) is 5.12. The topological polar surface area (TPSA) is 12.5 Å². The van der Waals surface area contributed by atoms with Crippen LogP contribution in [-0.2, 0) is 10.8 Å². The summed E-state index contributed by atoms with van der Waals surface area (Å²) in [5.74, 6) is 1.78. The fourth-order valence-electron chi connectivity index (χ4n) is 12.7. The minimum atomic E-state index is -0.606. The van der Waals surface area contributed by atoms with Crippen LogP contribution in [0.2, 0.25) is 0 Å². The molecule has 0 radical (unpaired) electrons. The van der Waals surface area contributed by atoms with E-state index in [-0.39, 0.29) is 0 Å². The van der Waals surface area contributed by atoms with E-state index in [9.17, 15) is 0 Å². The van der Waals surface area contributed by atoms with E-state index < -0.39 is 10.8 Å². The Hall–Kier alpha value is -8.37. The molecule has 0 saturated carbocycles. The molecule has 0 saturated heterocycles. The van der Waals surface area contributed by atoms with Crippen LogP contribution >= 0.6 is 11.8 Å². The molecule has 69 heavy (non-hydrogen) atoms. The number of para-hydroxylation sites is 3. The zero-order valence-corrected chi connectivity index (χ0v) is 38.3. The summed E-state index contributed by atoms with van der Waals surface area (Å²) in [5, 5.41) is 2.52. The molecule has 1 atom stereocenters. The van der Waals surface area contributed by atoms with Crippen molar-refractivity contribution in [3.63, 3.8) is 0 Å². The zero-order chi connectivity index (χ0) is 45.3. The summed E-state index contributed by atoms with van der Waals surface area (Å²) in [6.45, 7) is 0. The van der Waals surface area contributed by atoms with Crippen molar-refractivity contribution in [1.29, 1.82) is 0 Å². The lowest BCUT2D eigenvalue weighted by molar-refractivity contribution is 0.436. The van der Waals surface area contributed by atoms with Crippen LogP contribution in [0.25, 0.3) is 44.2 Å². The van der Waals surface area contributed by atoms with Crippen molar-refractivity contribution in [2.75, 3.05) is 4.90 Å². The van der Waals surface area contributed by atoms with Gasteiger partial charge in [-0.25, -0.2) is 0 Å². The maximum Gasteiger partial charge on any atom is 0.132 e. The van der Waals surface area contributed by atoms with Crippen molar-refractivity contribution < 1.29 is 4.74 Å². The van der Waals surface area contributed by atoms with E-state index in [1.807, 2.05) is 11.8 Å². The maximum absolute atomic E-state index is 6.75. The molecular formula is C66H41NOS. The second-order valence-corrected chi connectivity index (χ2v) is 19.7. The number of nitrogens with zero attached hydrogens (tertiary/aromatic N) is 1. The summed E-state index contributed by atoms with van der Waals surface area (Å²) in [5.41, 5.74) is 19.7. The van der Waals surface area contributed by atoms with E-state index in [0.717, 1.165) is 45.3 Å². The van der Waals surface area contributed by atoms with Crippen LogP contribution < -0.4 is 9.64 Å². The van der Waals surface area contributed by atoms with Crippen molar-refractivity contribution >= 4 is 39.6 Å². The van der Waals surface area contributed by atoms with Crippen molar-refractivity contribution in [3.8, 4) is 44.9 Å². The highest BCUT2D eigenvalue weighted by Gasteiger charge is 2.52. The minimum Gasteiger partial charge on any atom is -0.457 e. The number of hydrogen-bond donors (Lipinski definition) is 0. The van der Waals surface area contributed by atoms with Gasteiger partial charge in [0, 0.05) is 37.9 Å². The molecule has 1 unspecified atom stereocenters. The van der Waals surface area contributed by atoms with Crippen LogP contribution in [0, 0.1) is 0 Å². The molecule has 2 spiro atoms. The van der Waals surface area contributed by atoms with Crippen LogP contribution in [0.15, 0.2) is 259 Å². The second-order valence-electron chi connectivity index (χ2n) is 18.7. The van der Waals surface area contributed by atoms with Crippen molar-refractivity contribution in [3.05, 3.63) is 293 Å². The molecule has 0 bridgehead atoms. The number of benzene rings is 11. The predicted molar refractivity (Wildman–Crippen MR) is 283 cm³/mol. The van der Waals surface area contributed by atoms with Gasteiger partial charge in [-0.05, 0) is 133 Å². The highest BCUT2D eigenvalue weighted by molar-refractivity contribution is 7.99. The third-order valence-corrected chi connectivity index (χ3v) is 16.5. The molecule has 2 aliphatic carbocycles. The van der Waals surface area contributed by atoms with Gasteiger partial charge in [-0.3, -0.25) is 0 Å². The predicted octanol–water partition coefficient (Wildman–Crippen LogP) is 17.3. The first-order valence-corrected chi connectivity index (χ1v) is 24.6. The van der Waals surface area contributed by atoms with Crippen LogP contribution in [0.5, 0.6) is 11.5 Å². The van der Waals surface area contributed by atoms with Crippen LogP contribution in [-0.4, -0.2) is 0 Å². The summed E-state index contributed by atoms with van der Waals surface area (Å²) in [7, 11) is 0. The average Bonchev–Trinajstić information content (AvgIpc) is 3.86. The average molecular weight is 896 g/mol. The highest BCUT2D eigenvalue weighted by Crippen LogP contribution is 2.65. The molecule has 0 aromatic heterocycles. The molecule has 2 aliphatic heterocycles. The fraction of sp³-hybridized carbons (Fsp3) is 0.0303. The summed E-state index contributed by atoms with van der Waals surface area (Å²) < 4.78 is 6.75. The Morgan fingerprint density at radius 1 is 0.304 bits per heavy atom.